The molecule has 0 atom stereocenters. The van der Waals surface area contributed by atoms with Crippen molar-refractivity contribution in [3.05, 3.63) is 34.9 Å². The minimum atomic E-state index is 0.234. The molecule has 112 valence electrons. The number of hydrogen-bond acceptors (Lipinski definition) is 3. The molecule has 0 aromatic heterocycles. The van der Waals surface area contributed by atoms with E-state index in [2.05, 4.69) is 36.9 Å². The normalized spacial score (nSPS) is 11.3. The molecule has 0 radical (unpaired) electrons. The summed E-state index contributed by atoms with van der Waals surface area (Å²) in [4.78, 5) is 16.8. The van der Waals surface area contributed by atoms with E-state index in [0.29, 0.717) is 6.54 Å². The van der Waals surface area contributed by atoms with E-state index in [4.69, 9.17) is 0 Å². The van der Waals surface area contributed by atoms with Crippen LogP contribution in [0.15, 0.2) is 18.2 Å². The molecule has 3 nitrogen and oxygen atoms in total. The molecule has 1 aromatic rings. The molecule has 0 unspecified atom stereocenters. The molecule has 3 heteroatoms. The maximum Gasteiger partial charge on any atom is 0.177 e. The summed E-state index contributed by atoms with van der Waals surface area (Å²) in [5.74, 6) is 0.234. The molecular formula is C17H28N2O. The third-order valence-corrected chi connectivity index (χ3v) is 3.59. The molecule has 0 saturated carbocycles. The van der Waals surface area contributed by atoms with Crippen LogP contribution in [0, 0.1) is 13.8 Å². The van der Waals surface area contributed by atoms with Gasteiger partial charge in [0.25, 0.3) is 0 Å². The van der Waals surface area contributed by atoms with Crippen molar-refractivity contribution >= 4 is 5.78 Å². The van der Waals surface area contributed by atoms with Crippen LogP contribution >= 0.6 is 0 Å². The van der Waals surface area contributed by atoms with Crippen LogP contribution in [-0.2, 0) is 0 Å². The Bertz CT molecular complexity index is 441. The maximum atomic E-state index is 12.4. The highest BCUT2D eigenvalue weighted by atomic mass is 16.1. The maximum absolute atomic E-state index is 12.4. The second-order valence-electron chi connectivity index (χ2n) is 5.77. The Morgan fingerprint density at radius 1 is 1.15 bits per heavy atom. The number of rotatable bonds is 8. The van der Waals surface area contributed by atoms with Gasteiger partial charge in [0.2, 0.25) is 0 Å². The van der Waals surface area contributed by atoms with E-state index in [1.54, 1.807) is 0 Å². The predicted molar refractivity (Wildman–Crippen MR) is 85.5 cm³/mol. The summed E-state index contributed by atoms with van der Waals surface area (Å²) in [6.07, 6.45) is 1.10. The van der Waals surface area contributed by atoms with Crippen molar-refractivity contribution in [2.24, 2.45) is 0 Å². The fourth-order valence-electron chi connectivity index (χ4n) is 2.28. The van der Waals surface area contributed by atoms with Crippen molar-refractivity contribution in [2.75, 3.05) is 40.3 Å². The third kappa shape index (κ3) is 5.43. The molecule has 0 amide bonds. The van der Waals surface area contributed by atoms with E-state index in [9.17, 15) is 4.79 Å². The lowest BCUT2D eigenvalue weighted by Gasteiger charge is -2.21. The highest BCUT2D eigenvalue weighted by Crippen LogP contribution is 2.12. The van der Waals surface area contributed by atoms with Crippen LogP contribution < -0.4 is 0 Å². The molecule has 0 fully saturated rings. The lowest BCUT2D eigenvalue weighted by atomic mass is 10.0. The third-order valence-electron chi connectivity index (χ3n) is 3.59. The Hall–Kier alpha value is -1.19. The van der Waals surface area contributed by atoms with Crippen LogP contribution in [0.1, 0.15) is 34.8 Å². The van der Waals surface area contributed by atoms with E-state index >= 15 is 0 Å². The van der Waals surface area contributed by atoms with Crippen molar-refractivity contribution in [1.29, 1.82) is 0 Å². The summed E-state index contributed by atoms with van der Waals surface area (Å²) < 4.78 is 0. The second-order valence-corrected chi connectivity index (χ2v) is 5.77. The molecule has 0 saturated heterocycles. The zero-order valence-corrected chi connectivity index (χ0v) is 13.6. The zero-order valence-electron chi connectivity index (χ0n) is 13.6. The van der Waals surface area contributed by atoms with E-state index in [-0.39, 0.29) is 5.78 Å². The Morgan fingerprint density at radius 2 is 1.85 bits per heavy atom. The molecule has 0 aliphatic heterocycles. The number of aryl methyl sites for hydroxylation is 2. The first kappa shape index (κ1) is 16.9. The first-order valence-electron chi connectivity index (χ1n) is 7.41. The number of carbonyl (C=O) groups is 1. The van der Waals surface area contributed by atoms with Gasteiger partial charge in [0.15, 0.2) is 5.78 Å². The average molecular weight is 276 g/mol. The first-order valence-corrected chi connectivity index (χ1v) is 7.41. The smallest absolute Gasteiger partial charge is 0.177 e. The Balaban J connectivity index is 2.60. The minimum absolute atomic E-state index is 0.234. The lowest BCUT2D eigenvalue weighted by Crippen LogP contribution is -2.32. The number of Topliss-reactive ketones (excluding diaryl/α,β-unsaturated/α-hetero) is 1. The van der Waals surface area contributed by atoms with Crippen molar-refractivity contribution in [2.45, 2.75) is 27.2 Å². The van der Waals surface area contributed by atoms with Crippen LogP contribution in [0.4, 0.5) is 0 Å². The largest absolute Gasteiger partial charge is 0.309 e. The van der Waals surface area contributed by atoms with E-state index in [1.807, 2.05) is 26.0 Å². The van der Waals surface area contributed by atoms with E-state index in [1.165, 1.54) is 0 Å². The molecule has 1 rings (SSSR count). The van der Waals surface area contributed by atoms with E-state index in [0.717, 1.165) is 42.7 Å². The number of carbonyl (C=O) groups excluding carboxylic acids is 1. The van der Waals surface area contributed by atoms with Gasteiger partial charge in [0.1, 0.15) is 0 Å². The zero-order chi connectivity index (χ0) is 15.1. The van der Waals surface area contributed by atoms with Gasteiger partial charge in [0.05, 0.1) is 6.54 Å². The molecule has 0 heterocycles. The molecule has 20 heavy (non-hydrogen) atoms. The summed E-state index contributed by atoms with van der Waals surface area (Å²) in [7, 11) is 4.16. The summed E-state index contributed by atoms with van der Waals surface area (Å²) in [6.45, 7) is 9.64. The molecule has 0 aliphatic carbocycles. The van der Waals surface area contributed by atoms with Gasteiger partial charge in [0, 0.05) is 5.56 Å². The number of ketones is 1. The average Bonchev–Trinajstić information content (AvgIpc) is 2.39. The van der Waals surface area contributed by atoms with Gasteiger partial charge in [-0.05, 0) is 65.6 Å². The van der Waals surface area contributed by atoms with Crippen molar-refractivity contribution in [3.8, 4) is 0 Å². The number of likely N-dealkylation sites (N-methyl/N-ethyl adjacent to an activating group) is 1. The molecule has 1 aromatic carbocycles. The van der Waals surface area contributed by atoms with Crippen molar-refractivity contribution in [1.82, 2.24) is 9.80 Å². The molecule has 0 N–H and O–H groups in total. The number of nitrogens with zero attached hydrogens (tertiary/aromatic N) is 2. The van der Waals surface area contributed by atoms with Gasteiger partial charge in [-0.25, -0.2) is 0 Å². The lowest BCUT2D eigenvalue weighted by molar-refractivity contribution is 0.0931. The number of hydrogen-bond donors (Lipinski definition) is 0. The van der Waals surface area contributed by atoms with Crippen molar-refractivity contribution < 1.29 is 4.79 Å². The summed E-state index contributed by atoms with van der Waals surface area (Å²) in [5.41, 5.74) is 3.09. The highest BCUT2D eigenvalue weighted by molar-refractivity contribution is 5.99. The predicted octanol–water partition coefficient (Wildman–Crippen LogP) is 2.76. The van der Waals surface area contributed by atoms with Crippen LogP contribution in [-0.4, -0.2) is 55.9 Å². The van der Waals surface area contributed by atoms with Gasteiger partial charge in [-0.3, -0.25) is 9.69 Å². The van der Waals surface area contributed by atoms with Crippen LogP contribution in [0.5, 0.6) is 0 Å². The number of benzene rings is 1. The molecule has 0 spiro atoms. The fraction of sp³-hybridized carbons (Fsp3) is 0.588. The SMILES string of the molecule is CCN(CCCN(C)C)CC(=O)c1cc(C)ccc1C. The summed E-state index contributed by atoms with van der Waals surface area (Å²) >= 11 is 0. The van der Waals surface area contributed by atoms with Gasteiger partial charge >= 0.3 is 0 Å². The summed E-state index contributed by atoms with van der Waals surface area (Å²) in [5, 5.41) is 0. The quantitative estimate of drug-likeness (QED) is 0.682. The standard InChI is InChI=1S/C17H28N2O/c1-6-19(11-7-10-18(4)5)13-17(20)16-12-14(2)8-9-15(16)3/h8-9,12H,6-7,10-11,13H2,1-5H3. The van der Waals surface area contributed by atoms with Crippen molar-refractivity contribution in [3.63, 3.8) is 0 Å². The van der Waals surface area contributed by atoms with Gasteiger partial charge < -0.3 is 4.90 Å². The van der Waals surface area contributed by atoms with Gasteiger partial charge in [-0.2, -0.15) is 0 Å². The Morgan fingerprint density at radius 3 is 2.45 bits per heavy atom. The van der Waals surface area contributed by atoms with E-state index < -0.39 is 0 Å². The second kappa shape index (κ2) is 8.18. The van der Waals surface area contributed by atoms with Crippen LogP contribution in [0.25, 0.3) is 0 Å². The van der Waals surface area contributed by atoms with Gasteiger partial charge in [-0.1, -0.05) is 24.6 Å². The monoisotopic (exact) mass is 276 g/mol. The Labute approximate surface area is 123 Å². The molecule has 0 bridgehead atoms. The molecule has 0 aliphatic rings. The van der Waals surface area contributed by atoms with Gasteiger partial charge in [-0.15, -0.1) is 0 Å². The highest BCUT2D eigenvalue weighted by Gasteiger charge is 2.13. The minimum Gasteiger partial charge on any atom is -0.309 e. The topological polar surface area (TPSA) is 23.6 Å². The van der Waals surface area contributed by atoms with Crippen LogP contribution in [0.2, 0.25) is 0 Å². The molecular weight excluding hydrogens is 248 g/mol. The van der Waals surface area contributed by atoms with Crippen LogP contribution in [0.3, 0.4) is 0 Å². The Kier molecular flexibility index (Phi) is 6.89. The summed E-state index contributed by atoms with van der Waals surface area (Å²) in [6, 6.07) is 6.09. The fourth-order valence-corrected chi connectivity index (χ4v) is 2.28. The first-order chi connectivity index (χ1) is 9.43.